The summed E-state index contributed by atoms with van der Waals surface area (Å²) in [6, 6.07) is 18.0. The maximum absolute atomic E-state index is 14.0. The Morgan fingerprint density at radius 3 is 2.31 bits per heavy atom. The van der Waals surface area contributed by atoms with Crippen LogP contribution in [0.5, 0.6) is 5.75 Å². The van der Waals surface area contributed by atoms with E-state index in [9.17, 15) is 14.0 Å². The van der Waals surface area contributed by atoms with Gasteiger partial charge in [0.15, 0.2) is 11.6 Å². The summed E-state index contributed by atoms with van der Waals surface area (Å²) >= 11 is 0. The highest BCUT2D eigenvalue weighted by atomic mass is 19.1. The number of amides is 2. The number of benzene rings is 3. The minimum absolute atomic E-state index is 0.131. The third kappa shape index (κ3) is 4.99. The van der Waals surface area contributed by atoms with Crippen LogP contribution in [0.1, 0.15) is 33.2 Å². The van der Waals surface area contributed by atoms with Gasteiger partial charge >= 0.3 is 0 Å². The van der Waals surface area contributed by atoms with E-state index in [1.165, 1.54) is 12.1 Å². The lowest BCUT2D eigenvalue weighted by Gasteiger charge is -2.12. The molecule has 0 saturated heterocycles. The zero-order valence-corrected chi connectivity index (χ0v) is 16.2. The number of halogens is 1. The lowest BCUT2D eigenvalue weighted by Crippen LogP contribution is -2.15. The van der Waals surface area contributed by atoms with E-state index in [0.29, 0.717) is 29.1 Å². The molecule has 2 amide bonds. The van der Waals surface area contributed by atoms with Gasteiger partial charge in [-0.25, -0.2) is 4.39 Å². The molecule has 0 aliphatic carbocycles. The molecule has 2 N–H and O–H groups in total. The lowest BCUT2D eigenvalue weighted by molar-refractivity contribution is 0.101. The van der Waals surface area contributed by atoms with Crippen molar-refractivity contribution in [2.45, 2.75) is 13.8 Å². The summed E-state index contributed by atoms with van der Waals surface area (Å²) in [4.78, 5) is 25.0. The number of ether oxygens (including phenoxy) is 1. The molecule has 6 heteroatoms. The summed E-state index contributed by atoms with van der Waals surface area (Å²) in [5.74, 6) is -1.10. The van der Waals surface area contributed by atoms with Crippen LogP contribution in [0, 0.1) is 12.7 Å². The number of anilines is 2. The maximum atomic E-state index is 14.0. The molecule has 0 fully saturated rings. The van der Waals surface area contributed by atoms with E-state index in [4.69, 9.17) is 4.74 Å². The Labute approximate surface area is 168 Å². The Bertz CT molecular complexity index is 1040. The molecular formula is C23H21FN2O3. The maximum Gasteiger partial charge on any atom is 0.255 e. The highest BCUT2D eigenvalue weighted by Crippen LogP contribution is 2.23. The molecule has 0 spiro atoms. The van der Waals surface area contributed by atoms with Gasteiger partial charge in [-0.15, -0.1) is 0 Å². The van der Waals surface area contributed by atoms with E-state index in [2.05, 4.69) is 10.6 Å². The predicted molar refractivity (Wildman–Crippen MR) is 111 cm³/mol. The van der Waals surface area contributed by atoms with Gasteiger partial charge in [-0.3, -0.25) is 9.59 Å². The molecule has 5 nitrogen and oxygen atoms in total. The number of hydrogen-bond acceptors (Lipinski definition) is 3. The van der Waals surface area contributed by atoms with Gasteiger partial charge in [0.25, 0.3) is 11.8 Å². The summed E-state index contributed by atoms with van der Waals surface area (Å²) in [5.41, 5.74) is 2.52. The molecule has 0 bridgehead atoms. The third-order valence-electron chi connectivity index (χ3n) is 4.27. The van der Waals surface area contributed by atoms with Crippen molar-refractivity contribution in [2.24, 2.45) is 0 Å². The largest absolute Gasteiger partial charge is 0.491 e. The van der Waals surface area contributed by atoms with E-state index < -0.39 is 11.7 Å². The average Bonchev–Trinajstić information content (AvgIpc) is 2.72. The SMILES string of the molecule is CCOc1ccc(NC(=O)c2ccc(C)c(NC(=O)c3ccccc3)c2)cc1F. The van der Waals surface area contributed by atoms with Crippen molar-refractivity contribution in [1.29, 1.82) is 0 Å². The fourth-order valence-electron chi connectivity index (χ4n) is 2.74. The van der Waals surface area contributed by atoms with Crippen molar-refractivity contribution >= 4 is 23.2 Å². The number of carbonyl (C=O) groups excluding carboxylic acids is 2. The van der Waals surface area contributed by atoms with Gasteiger partial charge in [-0.1, -0.05) is 24.3 Å². The van der Waals surface area contributed by atoms with E-state index in [1.807, 2.05) is 13.0 Å². The van der Waals surface area contributed by atoms with E-state index in [-0.39, 0.29) is 11.7 Å². The number of rotatable bonds is 6. The van der Waals surface area contributed by atoms with Crippen LogP contribution in [0.4, 0.5) is 15.8 Å². The van der Waals surface area contributed by atoms with Crippen molar-refractivity contribution in [2.75, 3.05) is 17.2 Å². The van der Waals surface area contributed by atoms with Gasteiger partial charge in [0, 0.05) is 28.6 Å². The topological polar surface area (TPSA) is 67.4 Å². The first-order valence-corrected chi connectivity index (χ1v) is 9.18. The quantitative estimate of drug-likeness (QED) is 0.618. The van der Waals surface area contributed by atoms with Gasteiger partial charge < -0.3 is 15.4 Å². The smallest absolute Gasteiger partial charge is 0.255 e. The molecule has 0 saturated carbocycles. The Hall–Kier alpha value is -3.67. The van der Waals surface area contributed by atoms with Crippen LogP contribution in [-0.2, 0) is 0 Å². The summed E-state index contributed by atoms with van der Waals surface area (Å²) in [6.07, 6.45) is 0. The van der Waals surface area contributed by atoms with Crippen LogP contribution >= 0.6 is 0 Å². The zero-order valence-electron chi connectivity index (χ0n) is 16.2. The molecule has 0 aromatic heterocycles. The molecule has 0 aliphatic heterocycles. The van der Waals surface area contributed by atoms with Gasteiger partial charge in [0.2, 0.25) is 0 Å². The van der Waals surface area contributed by atoms with Crippen molar-refractivity contribution in [3.63, 3.8) is 0 Å². The fraction of sp³-hybridized carbons (Fsp3) is 0.130. The predicted octanol–water partition coefficient (Wildman–Crippen LogP) is 5.04. The fourth-order valence-corrected chi connectivity index (χ4v) is 2.74. The normalized spacial score (nSPS) is 10.3. The molecule has 3 rings (SSSR count). The number of carbonyl (C=O) groups is 2. The minimum atomic E-state index is -0.552. The second-order valence-corrected chi connectivity index (χ2v) is 6.38. The first-order valence-electron chi connectivity index (χ1n) is 9.18. The summed E-state index contributed by atoms with van der Waals surface area (Å²) < 4.78 is 19.1. The number of aryl methyl sites for hydroxylation is 1. The summed E-state index contributed by atoms with van der Waals surface area (Å²) in [7, 11) is 0. The zero-order chi connectivity index (χ0) is 20.8. The monoisotopic (exact) mass is 392 g/mol. The third-order valence-corrected chi connectivity index (χ3v) is 4.27. The van der Waals surface area contributed by atoms with Gasteiger partial charge in [-0.05, 0) is 55.8 Å². The molecule has 3 aromatic rings. The molecule has 29 heavy (non-hydrogen) atoms. The highest BCUT2D eigenvalue weighted by molar-refractivity contribution is 6.07. The molecule has 0 heterocycles. The summed E-state index contributed by atoms with van der Waals surface area (Å²) in [6.45, 7) is 3.95. The molecule has 0 radical (unpaired) electrons. The Balaban J connectivity index is 1.75. The van der Waals surface area contributed by atoms with Gasteiger partial charge in [0.05, 0.1) is 6.61 Å². The second kappa shape index (κ2) is 9.01. The molecule has 0 atom stereocenters. The van der Waals surface area contributed by atoms with Gasteiger partial charge in [-0.2, -0.15) is 0 Å². The van der Waals surface area contributed by atoms with Crippen LogP contribution in [0.25, 0.3) is 0 Å². The van der Waals surface area contributed by atoms with Crippen molar-refractivity contribution in [1.82, 2.24) is 0 Å². The number of hydrogen-bond donors (Lipinski definition) is 2. The van der Waals surface area contributed by atoms with Crippen molar-refractivity contribution in [3.05, 3.63) is 89.2 Å². The highest BCUT2D eigenvalue weighted by Gasteiger charge is 2.13. The van der Waals surface area contributed by atoms with Crippen LogP contribution < -0.4 is 15.4 Å². The molecular weight excluding hydrogens is 371 g/mol. The van der Waals surface area contributed by atoms with Crippen LogP contribution in [0.3, 0.4) is 0 Å². The molecule has 0 aliphatic rings. The average molecular weight is 392 g/mol. The van der Waals surface area contributed by atoms with E-state index >= 15 is 0 Å². The molecule has 148 valence electrons. The lowest BCUT2D eigenvalue weighted by atomic mass is 10.1. The van der Waals surface area contributed by atoms with E-state index in [1.54, 1.807) is 55.5 Å². The molecule has 3 aromatic carbocycles. The Kier molecular flexibility index (Phi) is 6.24. The first kappa shape index (κ1) is 20.1. The number of nitrogens with one attached hydrogen (secondary N) is 2. The standard InChI is InChI=1S/C23H21FN2O3/c1-3-29-21-12-11-18(14-19(21)24)25-23(28)17-10-9-15(2)20(13-17)26-22(27)16-7-5-4-6-8-16/h4-14H,3H2,1-2H3,(H,25,28)(H,26,27). The first-order chi connectivity index (χ1) is 14.0. The van der Waals surface area contributed by atoms with Crippen molar-refractivity contribution < 1.29 is 18.7 Å². The second-order valence-electron chi connectivity index (χ2n) is 6.38. The van der Waals surface area contributed by atoms with Crippen LogP contribution in [0.15, 0.2) is 66.7 Å². The Morgan fingerprint density at radius 1 is 0.897 bits per heavy atom. The van der Waals surface area contributed by atoms with E-state index in [0.717, 1.165) is 5.56 Å². The Morgan fingerprint density at radius 2 is 1.62 bits per heavy atom. The molecule has 0 unspecified atom stereocenters. The summed E-state index contributed by atoms with van der Waals surface area (Å²) in [5, 5.41) is 5.47. The minimum Gasteiger partial charge on any atom is -0.491 e. The van der Waals surface area contributed by atoms with Crippen LogP contribution in [-0.4, -0.2) is 18.4 Å². The van der Waals surface area contributed by atoms with Gasteiger partial charge in [0.1, 0.15) is 0 Å². The van der Waals surface area contributed by atoms with Crippen LogP contribution in [0.2, 0.25) is 0 Å². The van der Waals surface area contributed by atoms with Crippen molar-refractivity contribution in [3.8, 4) is 5.75 Å².